The molecule has 1 heterocycles. The molecule has 0 saturated heterocycles. The second-order valence-corrected chi connectivity index (χ2v) is 8.54. The summed E-state index contributed by atoms with van der Waals surface area (Å²) in [6.45, 7) is 5.75. The van der Waals surface area contributed by atoms with Crippen molar-refractivity contribution in [3.8, 4) is 0 Å². The lowest BCUT2D eigenvalue weighted by molar-refractivity contribution is -0.131. The molecule has 1 rings (SSSR count). The smallest absolute Gasteiger partial charge is 0.223 e. The summed E-state index contributed by atoms with van der Waals surface area (Å²) in [5.41, 5.74) is 0. The summed E-state index contributed by atoms with van der Waals surface area (Å²) in [7, 11) is 0. The Balaban J connectivity index is 1.86. The van der Waals surface area contributed by atoms with Crippen molar-refractivity contribution < 1.29 is 9.90 Å². The number of nitrogens with one attached hydrogen (secondary N) is 1. The van der Waals surface area contributed by atoms with E-state index in [0.717, 1.165) is 25.8 Å². The average molecular weight is 410 g/mol. The fourth-order valence-corrected chi connectivity index (χ4v) is 3.87. The van der Waals surface area contributed by atoms with Crippen LogP contribution in [0.15, 0.2) is 4.99 Å². The van der Waals surface area contributed by atoms with Crippen LogP contribution in [0.1, 0.15) is 103 Å². The Labute approximate surface area is 179 Å². The van der Waals surface area contributed by atoms with Crippen molar-refractivity contribution in [3.05, 3.63) is 0 Å². The van der Waals surface area contributed by atoms with Gasteiger partial charge in [-0.1, -0.05) is 84.0 Å². The third-order valence-corrected chi connectivity index (χ3v) is 5.80. The highest BCUT2D eigenvalue weighted by molar-refractivity contribution is 5.79. The van der Waals surface area contributed by atoms with Gasteiger partial charge in [0.1, 0.15) is 0 Å². The quantitative estimate of drug-likeness (QED) is 0.322. The minimum Gasteiger partial charge on any atom is -0.392 e. The molecule has 0 fully saturated rings. The zero-order valence-electron chi connectivity index (χ0n) is 19.0. The van der Waals surface area contributed by atoms with E-state index in [2.05, 4.69) is 17.2 Å². The normalized spacial score (nSPS) is 16.1. The Morgan fingerprint density at radius 3 is 2.31 bits per heavy atom. The number of carbonyl (C=O) groups excluding carboxylic acids is 1. The molecule has 29 heavy (non-hydrogen) atoms. The SMILES string of the molecule is CCCCCCCCCCCCCCC(O)CNCCN1CCN=CCCC1=O. The third kappa shape index (κ3) is 15.5. The summed E-state index contributed by atoms with van der Waals surface area (Å²) in [4.78, 5) is 18.2. The number of aliphatic imine (C=N–C) groups is 1. The van der Waals surface area contributed by atoms with Gasteiger partial charge in [-0.2, -0.15) is 0 Å². The maximum absolute atomic E-state index is 12.0. The van der Waals surface area contributed by atoms with Crippen LogP contribution in [0, 0.1) is 0 Å². The monoisotopic (exact) mass is 409 g/mol. The van der Waals surface area contributed by atoms with Gasteiger partial charge in [0, 0.05) is 32.6 Å². The molecular formula is C24H47N3O2. The van der Waals surface area contributed by atoms with Crippen molar-refractivity contribution in [1.82, 2.24) is 10.2 Å². The molecule has 2 N–H and O–H groups in total. The van der Waals surface area contributed by atoms with Crippen LogP contribution in [-0.4, -0.2) is 61.0 Å². The van der Waals surface area contributed by atoms with Crippen LogP contribution in [0.4, 0.5) is 0 Å². The standard InChI is InChI=1S/C24H47N3O2/c1-2-3-4-5-6-7-8-9-10-11-12-13-15-23(28)22-26-19-21-27-20-18-25-17-14-16-24(27)29/h17,23,26,28H,2-16,18-22H2,1H3. The number of amides is 1. The molecule has 0 bridgehead atoms. The maximum atomic E-state index is 12.0. The number of hydrogen-bond acceptors (Lipinski definition) is 4. The molecule has 0 aromatic carbocycles. The Morgan fingerprint density at radius 2 is 1.66 bits per heavy atom. The summed E-state index contributed by atoms with van der Waals surface area (Å²) in [5, 5.41) is 13.4. The Kier molecular flexibility index (Phi) is 17.1. The van der Waals surface area contributed by atoms with Gasteiger partial charge in [-0.15, -0.1) is 0 Å². The zero-order valence-corrected chi connectivity index (χ0v) is 19.0. The second-order valence-electron chi connectivity index (χ2n) is 8.54. The van der Waals surface area contributed by atoms with E-state index in [9.17, 15) is 9.90 Å². The van der Waals surface area contributed by atoms with E-state index in [-0.39, 0.29) is 12.0 Å². The lowest BCUT2D eigenvalue weighted by Crippen LogP contribution is -2.40. The van der Waals surface area contributed by atoms with Gasteiger partial charge < -0.3 is 15.3 Å². The van der Waals surface area contributed by atoms with E-state index in [0.29, 0.717) is 32.6 Å². The van der Waals surface area contributed by atoms with Crippen LogP contribution < -0.4 is 5.32 Å². The highest BCUT2D eigenvalue weighted by Gasteiger charge is 2.13. The number of carbonyl (C=O) groups is 1. The van der Waals surface area contributed by atoms with Crippen molar-refractivity contribution in [2.24, 2.45) is 4.99 Å². The predicted octanol–water partition coefficient (Wildman–Crippen LogP) is 4.72. The number of hydrogen-bond donors (Lipinski definition) is 2. The summed E-state index contributed by atoms with van der Waals surface area (Å²) >= 11 is 0. The first-order chi connectivity index (χ1) is 14.2. The molecule has 0 aliphatic carbocycles. The van der Waals surface area contributed by atoms with E-state index < -0.39 is 0 Å². The Hall–Kier alpha value is -0.940. The highest BCUT2D eigenvalue weighted by Crippen LogP contribution is 2.13. The van der Waals surface area contributed by atoms with Crippen LogP contribution >= 0.6 is 0 Å². The molecule has 5 nitrogen and oxygen atoms in total. The molecule has 1 aliphatic rings. The predicted molar refractivity (Wildman–Crippen MR) is 124 cm³/mol. The molecule has 0 radical (unpaired) electrons. The van der Waals surface area contributed by atoms with Crippen LogP contribution in [0.25, 0.3) is 0 Å². The van der Waals surface area contributed by atoms with Crippen molar-refractivity contribution in [3.63, 3.8) is 0 Å². The zero-order chi connectivity index (χ0) is 21.0. The van der Waals surface area contributed by atoms with Crippen molar-refractivity contribution in [2.75, 3.05) is 32.7 Å². The van der Waals surface area contributed by atoms with Gasteiger partial charge in [-0.25, -0.2) is 0 Å². The summed E-state index contributed by atoms with van der Waals surface area (Å²) < 4.78 is 0. The molecule has 1 aliphatic heterocycles. The first-order valence-electron chi connectivity index (χ1n) is 12.4. The molecule has 1 amide bonds. The molecule has 0 spiro atoms. The molecule has 5 heteroatoms. The van der Waals surface area contributed by atoms with E-state index in [1.54, 1.807) is 0 Å². The van der Waals surface area contributed by atoms with Crippen molar-refractivity contribution >= 4 is 12.1 Å². The third-order valence-electron chi connectivity index (χ3n) is 5.80. The second kappa shape index (κ2) is 19.0. The number of unbranched alkanes of at least 4 members (excludes halogenated alkanes) is 11. The van der Waals surface area contributed by atoms with Crippen molar-refractivity contribution in [1.29, 1.82) is 0 Å². The number of nitrogens with zero attached hydrogens (tertiary/aromatic N) is 2. The van der Waals surface area contributed by atoms with E-state index in [4.69, 9.17) is 0 Å². The van der Waals surface area contributed by atoms with Gasteiger partial charge >= 0.3 is 0 Å². The molecule has 0 aromatic heterocycles. The summed E-state index contributed by atoms with van der Waals surface area (Å²) in [6, 6.07) is 0. The van der Waals surface area contributed by atoms with Crippen molar-refractivity contribution in [2.45, 2.75) is 109 Å². The van der Waals surface area contributed by atoms with Gasteiger partial charge in [0.2, 0.25) is 5.91 Å². The van der Waals surface area contributed by atoms with Crippen LogP contribution in [0.2, 0.25) is 0 Å². The van der Waals surface area contributed by atoms with Gasteiger partial charge in [-0.3, -0.25) is 9.79 Å². The lowest BCUT2D eigenvalue weighted by atomic mass is 10.0. The lowest BCUT2D eigenvalue weighted by Gasteiger charge is -2.23. The topological polar surface area (TPSA) is 64.9 Å². The fourth-order valence-electron chi connectivity index (χ4n) is 3.87. The molecular weight excluding hydrogens is 362 g/mol. The highest BCUT2D eigenvalue weighted by atomic mass is 16.3. The number of aliphatic hydroxyl groups is 1. The molecule has 1 unspecified atom stereocenters. The molecule has 0 saturated carbocycles. The Bertz CT molecular complexity index is 415. The fraction of sp³-hybridized carbons (Fsp3) is 0.917. The van der Waals surface area contributed by atoms with E-state index >= 15 is 0 Å². The molecule has 0 aromatic rings. The summed E-state index contributed by atoms with van der Waals surface area (Å²) in [6.07, 6.45) is 19.9. The van der Waals surface area contributed by atoms with Gasteiger partial charge in [0.15, 0.2) is 0 Å². The maximum Gasteiger partial charge on any atom is 0.223 e. The first-order valence-corrected chi connectivity index (χ1v) is 12.4. The largest absolute Gasteiger partial charge is 0.392 e. The van der Waals surface area contributed by atoms with Gasteiger partial charge in [-0.05, 0) is 19.1 Å². The minimum atomic E-state index is -0.272. The number of aliphatic hydroxyl groups excluding tert-OH is 1. The Morgan fingerprint density at radius 1 is 1.03 bits per heavy atom. The van der Waals surface area contributed by atoms with E-state index in [1.807, 2.05) is 11.1 Å². The summed E-state index contributed by atoms with van der Waals surface area (Å²) in [5.74, 6) is 0.218. The van der Waals surface area contributed by atoms with Gasteiger partial charge in [0.25, 0.3) is 0 Å². The minimum absolute atomic E-state index is 0.218. The average Bonchev–Trinajstić information content (AvgIpc) is 2.70. The van der Waals surface area contributed by atoms with Crippen LogP contribution in [-0.2, 0) is 4.79 Å². The van der Waals surface area contributed by atoms with Gasteiger partial charge in [0.05, 0.1) is 12.6 Å². The molecule has 1 atom stereocenters. The van der Waals surface area contributed by atoms with Crippen LogP contribution in [0.3, 0.4) is 0 Å². The number of rotatable bonds is 18. The van der Waals surface area contributed by atoms with E-state index in [1.165, 1.54) is 70.6 Å². The first kappa shape index (κ1) is 26.1. The van der Waals surface area contributed by atoms with Crippen LogP contribution in [0.5, 0.6) is 0 Å². The molecule has 170 valence electrons.